The van der Waals surface area contributed by atoms with Gasteiger partial charge in [0.2, 0.25) is 0 Å². The van der Waals surface area contributed by atoms with Crippen molar-refractivity contribution in [3.63, 3.8) is 0 Å². The summed E-state index contributed by atoms with van der Waals surface area (Å²) < 4.78 is 7.48. The van der Waals surface area contributed by atoms with Crippen LogP contribution in [0.25, 0.3) is 5.69 Å². The number of aromatic nitrogens is 1. The quantitative estimate of drug-likeness (QED) is 0.534. The minimum atomic E-state index is -0.290. The van der Waals surface area contributed by atoms with E-state index >= 15 is 0 Å². The number of aryl methyl sites for hydroxylation is 3. The van der Waals surface area contributed by atoms with Crippen LogP contribution in [0.3, 0.4) is 0 Å². The van der Waals surface area contributed by atoms with Gasteiger partial charge in [-0.15, -0.1) is 0 Å². The van der Waals surface area contributed by atoms with Crippen molar-refractivity contribution in [2.75, 3.05) is 0 Å². The second-order valence-corrected chi connectivity index (χ2v) is 6.60. The molecule has 0 aliphatic heterocycles. The number of halogens is 1. The van der Waals surface area contributed by atoms with Gasteiger partial charge in [0, 0.05) is 27.7 Å². The molecule has 1 amide bonds. The Morgan fingerprint density at radius 3 is 2.46 bits per heavy atom. The smallest absolute Gasteiger partial charge is 0.274 e. The third-order valence-electron chi connectivity index (χ3n) is 4.21. The van der Waals surface area contributed by atoms with Crippen LogP contribution in [0.5, 0.6) is 0 Å². The number of nitrogens with one attached hydrogen (secondary N) is 1. The molecular weight excluding hydrogens is 350 g/mol. The Balaban J connectivity index is 1.79. The molecule has 0 spiro atoms. The highest BCUT2D eigenvalue weighted by atomic mass is 35.5. The first kappa shape index (κ1) is 18.0. The monoisotopic (exact) mass is 369 g/mol. The van der Waals surface area contributed by atoms with Gasteiger partial charge in [0.05, 0.1) is 11.8 Å². The highest BCUT2D eigenvalue weighted by Crippen LogP contribution is 2.21. The normalized spacial score (nSPS) is 11.3. The molecule has 0 unspecified atom stereocenters. The summed E-state index contributed by atoms with van der Waals surface area (Å²) in [5, 5.41) is 4.79. The highest BCUT2D eigenvalue weighted by Gasteiger charge is 2.13. The molecule has 2 aromatic heterocycles. The molecule has 0 saturated carbocycles. The van der Waals surface area contributed by atoms with Crippen LogP contribution in [-0.4, -0.2) is 16.7 Å². The molecule has 2 heterocycles. The maximum Gasteiger partial charge on any atom is 0.274 e. The van der Waals surface area contributed by atoms with E-state index in [-0.39, 0.29) is 5.91 Å². The molecule has 1 N–H and O–H groups in total. The fraction of sp³-hybridized carbons (Fsp3) is 0.200. The zero-order valence-corrected chi connectivity index (χ0v) is 15.9. The minimum absolute atomic E-state index is 0.290. The van der Waals surface area contributed by atoms with Crippen LogP contribution in [0.1, 0.15) is 38.8 Å². The zero-order valence-electron chi connectivity index (χ0n) is 15.1. The Morgan fingerprint density at radius 1 is 1.15 bits per heavy atom. The molecule has 3 rings (SSSR count). The summed E-state index contributed by atoms with van der Waals surface area (Å²) in [6, 6.07) is 11.4. The molecule has 0 aliphatic rings. The van der Waals surface area contributed by atoms with Crippen LogP contribution >= 0.6 is 11.6 Å². The predicted molar refractivity (Wildman–Crippen MR) is 103 cm³/mol. The van der Waals surface area contributed by atoms with Gasteiger partial charge in [-0.1, -0.05) is 11.6 Å². The van der Waals surface area contributed by atoms with Gasteiger partial charge in [-0.05, 0) is 64.1 Å². The van der Waals surface area contributed by atoms with E-state index in [2.05, 4.69) is 15.1 Å². The van der Waals surface area contributed by atoms with Gasteiger partial charge in [0.1, 0.15) is 11.5 Å². The van der Waals surface area contributed by atoms with E-state index in [0.717, 1.165) is 22.6 Å². The van der Waals surface area contributed by atoms with E-state index in [1.807, 2.05) is 44.2 Å². The first-order valence-corrected chi connectivity index (χ1v) is 8.60. The molecule has 0 bridgehead atoms. The number of nitrogens with zero attached hydrogens (tertiary/aromatic N) is 2. The van der Waals surface area contributed by atoms with Crippen molar-refractivity contribution >= 4 is 23.7 Å². The lowest BCUT2D eigenvalue weighted by molar-refractivity contribution is 0.0953. The third kappa shape index (κ3) is 3.58. The van der Waals surface area contributed by atoms with E-state index in [9.17, 15) is 4.79 Å². The Hall–Kier alpha value is -2.79. The van der Waals surface area contributed by atoms with Gasteiger partial charge in [0.15, 0.2) is 0 Å². The lowest BCUT2D eigenvalue weighted by Gasteiger charge is -2.09. The Kier molecular flexibility index (Phi) is 5.00. The van der Waals surface area contributed by atoms with E-state index in [4.69, 9.17) is 16.0 Å². The molecule has 0 aliphatic carbocycles. The number of hydrogen-bond donors (Lipinski definition) is 1. The maximum atomic E-state index is 12.2. The van der Waals surface area contributed by atoms with E-state index < -0.39 is 0 Å². The molecular formula is C20H20ClN3O2. The molecule has 26 heavy (non-hydrogen) atoms. The van der Waals surface area contributed by atoms with Crippen molar-refractivity contribution in [2.45, 2.75) is 27.7 Å². The number of hydrazone groups is 1. The second-order valence-electron chi connectivity index (χ2n) is 6.16. The SMILES string of the molecule is Cc1cc(C(=O)NN=Cc2cc(C)n(-c3ccc(Cl)cc3)c2C)c(C)o1. The van der Waals surface area contributed by atoms with Crippen molar-refractivity contribution in [3.8, 4) is 5.69 Å². The van der Waals surface area contributed by atoms with Gasteiger partial charge in [0.25, 0.3) is 5.91 Å². The van der Waals surface area contributed by atoms with Crippen LogP contribution < -0.4 is 5.43 Å². The van der Waals surface area contributed by atoms with Crippen LogP contribution in [0.4, 0.5) is 0 Å². The van der Waals surface area contributed by atoms with Gasteiger partial charge in [-0.2, -0.15) is 5.10 Å². The third-order valence-corrected chi connectivity index (χ3v) is 4.46. The fourth-order valence-corrected chi connectivity index (χ4v) is 3.11. The molecule has 5 nitrogen and oxygen atoms in total. The average Bonchev–Trinajstić information content (AvgIpc) is 3.07. The van der Waals surface area contributed by atoms with Crippen LogP contribution in [0, 0.1) is 27.7 Å². The summed E-state index contributed by atoms with van der Waals surface area (Å²) in [5.74, 6) is 0.987. The molecule has 0 fully saturated rings. The Labute approximate surface area is 157 Å². The molecule has 1 aromatic carbocycles. The van der Waals surface area contributed by atoms with Crippen molar-refractivity contribution in [1.29, 1.82) is 0 Å². The standard InChI is InChI=1S/C20H20ClN3O2/c1-12-9-16(14(3)24(12)18-7-5-17(21)6-8-18)11-22-23-20(25)19-10-13(2)26-15(19)4/h5-11H,1-4H3,(H,23,25). The van der Waals surface area contributed by atoms with Gasteiger partial charge in [-0.3, -0.25) is 4.79 Å². The van der Waals surface area contributed by atoms with Crippen LogP contribution in [-0.2, 0) is 0 Å². The molecule has 134 valence electrons. The summed E-state index contributed by atoms with van der Waals surface area (Å²) in [6.07, 6.45) is 1.65. The van der Waals surface area contributed by atoms with Gasteiger partial charge < -0.3 is 8.98 Å². The summed E-state index contributed by atoms with van der Waals surface area (Å²) in [6.45, 7) is 7.59. The molecule has 0 radical (unpaired) electrons. The highest BCUT2D eigenvalue weighted by molar-refractivity contribution is 6.30. The number of carbonyl (C=O) groups is 1. The van der Waals surface area contributed by atoms with Crippen molar-refractivity contribution in [3.05, 3.63) is 75.5 Å². The van der Waals surface area contributed by atoms with Gasteiger partial charge >= 0.3 is 0 Å². The first-order chi connectivity index (χ1) is 12.4. The number of benzene rings is 1. The van der Waals surface area contributed by atoms with Crippen molar-refractivity contribution < 1.29 is 9.21 Å². The minimum Gasteiger partial charge on any atom is -0.466 e. The average molecular weight is 370 g/mol. The summed E-state index contributed by atoms with van der Waals surface area (Å²) in [7, 11) is 0. The lowest BCUT2D eigenvalue weighted by Crippen LogP contribution is -2.17. The summed E-state index contributed by atoms with van der Waals surface area (Å²) in [5.41, 5.74) is 7.09. The molecule has 6 heteroatoms. The van der Waals surface area contributed by atoms with E-state index in [1.165, 1.54) is 0 Å². The topological polar surface area (TPSA) is 59.5 Å². The van der Waals surface area contributed by atoms with Crippen molar-refractivity contribution in [1.82, 2.24) is 9.99 Å². The first-order valence-electron chi connectivity index (χ1n) is 8.22. The largest absolute Gasteiger partial charge is 0.466 e. The Bertz CT molecular complexity index is 981. The number of rotatable bonds is 4. The number of hydrogen-bond acceptors (Lipinski definition) is 3. The predicted octanol–water partition coefficient (Wildman–Crippen LogP) is 4.72. The molecule has 0 atom stereocenters. The molecule has 0 saturated heterocycles. The van der Waals surface area contributed by atoms with Gasteiger partial charge in [-0.25, -0.2) is 5.43 Å². The molecule has 3 aromatic rings. The van der Waals surface area contributed by atoms with E-state index in [0.29, 0.717) is 22.1 Å². The number of carbonyl (C=O) groups excluding carboxylic acids is 1. The maximum absolute atomic E-state index is 12.2. The number of amides is 1. The fourth-order valence-electron chi connectivity index (χ4n) is 2.98. The van der Waals surface area contributed by atoms with Crippen molar-refractivity contribution in [2.24, 2.45) is 5.10 Å². The Morgan fingerprint density at radius 2 is 1.85 bits per heavy atom. The number of furan rings is 1. The second kappa shape index (κ2) is 7.22. The summed E-state index contributed by atoms with van der Waals surface area (Å²) >= 11 is 5.97. The lowest BCUT2D eigenvalue weighted by atomic mass is 10.2. The summed E-state index contributed by atoms with van der Waals surface area (Å²) in [4.78, 5) is 12.2. The zero-order chi connectivity index (χ0) is 18.8. The van der Waals surface area contributed by atoms with E-state index in [1.54, 1.807) is 26.1 Å². The van der Waals surface area contributed by atoms with Crippen LogP contribution in [0.2, 0.25) is 5.02 Å². The van der Waals surface area contributed by atoms with Crippen LogP contribution in [0.15, 0.2) is 45.9 Å².